The molecule has 1 aromatic heterocycles. The van der Waals surface area contributed by atoms with E-state index in [1.54, 1.807) is 15.2 Å². The van der Waals surface area contributed by atoms with Gasteiger partial charge in [-0.3, -0.25) is 9.58 Å². The van der Waals surface area contributed by atoms with Gasteiger partial charge in [0.15, 0.2) is 0 Å². The Morgan fingerprint density at radius 2 is 2.04 bits per heavy atom. The maximum Gasteiger partial charge on any atom is 0.246 e. The first-order valence-electron chi connectivity index (χ1n) is 10.1. The molecule has 3 heterocycles. The van der Waals surface area contributed by atoms with E-state index in [0.717, 1.165) is 52.2 Å². The number of fused-ring (bicyclic) bond motifs is 1. The summed E-state index contributed by atoms with van der Waals surface area (Å²) in [7, 11) is -3.48. The Kier molecular flexibility index (Phi) is 4.90. The number of morpholine rings is 1. The van der Waals surface area contributed by atoms with Crippen LogP contribution in [0.4, 0.5) is 0 Å². The number of rotatable bonds is 6. The Labute approximate surface area is 162 Å². The molecule has 3 fully saturated rings. The molecule has 0 amide bonds. The number of sulfonamides is 1. The van der Waals surface area contributed by atoms with Gasteiger partial charge in [0.25, 0.3) is 0 Å². The summed E-state index contributed by atoms with van der Waals surface area (Å²) in [5.74, 6) is 0.410. The lowest BCUT2D eigenvalue weighted by atomic mass is 9.48. The third kappa shape index (κ3) is 3.34. The lowest BCUT2D eigenvalue weighted by Gasteiger charge is -2.58. The maximum atomic E-state index is 13.3. The molecule has 0 radical (unpaired) electrons. The number of ether oxygens (including phenoxy) is 1. The van der Waals surface area contributed by atoms with E-state index in [0.29, 0.717) is 23.9 Å². The fourth-order valence-corrected chi connectivity index (χ4v) is 7.17. The minimum Gasteiger partial charge on any atom is -0.379 e. The molecule has 152 valence electrons. The molecule has 3 aliphatic rings. The topological polar surface area (TPSA) is 67.7 Å². The van der Waals surface area contributed by atoms with Crippen LogP contribution < -0.4 is 0 Å². The monoisotopic (exact) mass is 396 g/mol. The highest BCUT2D eigenvalue weighted by Crippen LogP contribution is 2.63. The van der Waals surface area contributed by atoms with E-state index in [1.807, 2.05) is 0 Å². The first kappa shape index (κ1) is 19.4. The second-order valence-electron chi connectivity index (χ2n) is 9.21. The van der Waals surface area contributed by atoms with Gasteiger partial charge in [0.2, 0.25) is 10.0 Å². The molecule has 2 aliphatic heterocycles. The number of hydrogen-bond donors (Lipinski definition) is 0. The Bertz CT molecular complexity index is 785. The van der Waals surface area contributed by atoms with E-state index < -0.39 is 10.0 Å². The van der Waals surface area contributed by atoms with Crippen molar-refractivity contribution in [3.8, 4) is 0 Å². The third-order valence-electron chi connectivity index (χ3n) is 6.71. The summed E-state index contributed by atoms with van der Waals surface area (Å²) in [5.41, 5.74) is 0.274. The van der Waals surface area contributed by atoms with Crippen LogP contribution >= 0.6 is 0 Å². The summed E-state index contributed by atoms with van der Waals surface area (Å²) in [4.78, 5) is 2.79. The van der Waals surface area contributed by atoms with Crippen molar-refractivity contribution in [2.75, 3.05) is 45.9 Å². The molecule has 0 N–H and O–H groups in total. The molecule has 0 spiro atoms. The van der Waals surface area contributed by atoms with Gasteiger partial charge in [-0.25, -0.2) is 8.42 Å². The SMILES string of the molecule is CCCn1cc(S(=O)(=O)N2C[C@@H]3C(C)(C)C[C@]3(CN3CCOCC3)C2)cn1. The third-order valence-corrected chi connectivity index (χ3v) is 8.47. The second kappa shape index (κ2) is 6.83. The zero-order valence-electron chi connectivity index (χ0n) is 16.7. The molecule has 0 bridgehead atoms. The predicted molar refractivity (Wildman–Crippen MR) is 103 cm³/mol. The van der Waals surface area contributed by atoms with Gasteiger partial charge < -0.3 is 4.74 Å². The van der Waals surface area contributed by atoms with Gasteiger partial charge >= 0.3 is 0 Å². The number of aromatic nitrogens is 2. The van der Waals surface area contributed by atoms with E-state index in [-0.39, 0.29) is 10.8 Å². The molecule has 2 atom stereocenters. The largest absolute Gasteiger partial charge is 0.379 e. The maximum absolute atomic E-state index is 13.3. The summed E-state index contributed by atoms with van der Waals surface area (Å²) in [6, 6.07) is 0. The van der Waals surface area contributed by atoms with E-state index in [2.05, 4.69) is 30.8 Å². The normalized spacial score (nSPS) is 31.6. The van der Waals surface area contributed by atoms with Crippen LogP contribution in [0.2, 0.25) is 0 Å². The van der Waals surface area contributed by atoms with Crippen molar-refractivity contribution in [1.29, 1.82) is 0 Å². The van der Waals surface area contributed by atoms with Crippen LogP contribution in [-0.4, -0.2) is 73.3 Å². The molecule has 27 heavy (non-hydrogen) atoms. The molecule has 0 unspecified atom stereocenters. The summed E-state index contributed by atoms with van der Waals surface area (Å²) in [5, 5.41) is 4.23. The highest BCUT2D eigenvalue weighted by atomic mass is 32.2. The zero-order chi connectivity index (χ0) is 19.3. The van der Waals surface area contributed by atoms with Crippen molar-refractivity contribution in [2.45, 2.75) is 45.1 Å². The summed E-state index contributed by atoms with van der Waals surface area (Å²) >= 11 is 0. The highest BCUT2D eigenvalue weighted by Gasteiger charge is 2.64. The summed E-state index contributed by atoms with van der Waals surface area (Å²) in [6.45, 7) is 13.1. The smallest absolute Gasteiger partial charge is 0.246 e. The summed E-state index contributed by atoms with van der Waals surface area (Å²) in [6.07, 6.45) is 5.21. The molecule has 4 rings (SSSR count). The molecule has 7 nitrogen and oxygen atoms in total. The molecule has 8 heteroatoms. The molecular weight excluding hydrogens is 364 g/mol. The molecule has 0 aromatic carbocycles. The van der Waals surface area contributed by atoms with Crippen LogP contribution in [-0.2, 0) is 21.3 Å². The standard InChI is InChI=1S/C19H32N4O3S/c1-4-5-22-11-16(10-20-22)27(24,25)23-12-17-18(2,3)13-19(17,15-23)14-21-6-8-26-9-7-21/h10-11,17H,4-9,12-15H2,1-3H3/t17-,19+/m1/s1. The fraction of sp³-hybridized carbons (Fsp3) is 0.842. The van der Waals surface area contributed by atoms with Crippen LogP contribution in [0, 0.1) is 16.7 Å². The van der Waals surface area contributed by atoms with E-state index >= 15 is 0 Å². The van der Waals surface area contributed by atoms with Gasteiger partial charge in [0.05, 0.1) is 19.4 Å². The van der Waals surface area contributed by atoms with Crippen LogP contribution in [0.3, 0.4) is 0 Å². The van der Waals surface area contributed by atoms with Crippen molar-refractivity contribution < 1.29 is 13.2 Å². The van der Waals surface area contributed by atoms with Crippen LogP contribution in [0.15, 0.2) is 17.3 Å². The van der Waals surface area contributed by atoms with Crippen LogP contribution in [0.25, 0.3) is 0 Å². The van der Waals surface area contributed by atoms with Gasteiger partial charge in [0.1, 0.15) is 4.90 Å². The summed E-state index contributed by atoms with van der Waals surface area (Å²) < 4.78 is 35.4. The van der Waals surface area contributed by atoms with Crippen molar-refractivity contribution in [1.82, 2.24) is 19.0 Å². The van der Waals surface area contributed by atoms with Gasteiger partial charge in [-0.05, 0) is 24.2 Å². The molecule has 2 saturated heterocycles. The zero-order valence-corrected chi connectivity index (χ0v) is 17.5. The minimum absolute atomic E-state index is 0.0767. The fourth-order valence-electron chi connectivity index (χ4n) is 5.66. The van der Waals surface area contributed by atoms with Crippen molar-refractivity contribution >= 4 is 10.0 Å². The molecular formula is C19H32N4O3S. The lowest BCUT2D eigenvalue weighted by Crippen LogP contribution is -2.59. The second-order valence-corrected chi connectivity index (χ2v) is 11.1. The predicted octanol–water partition coefficient (Wildman–Crippen LogP) is 1.66. The lowest BCUT2D eigenvalue weighted by molar-refractivity contribution is -0.0965. The van der Waals surface area contributed by atoms with E-state index in [4.69, 9.17) is 4.74 Å². The first-order valence-corrected chi connectivity index (χ1v) is 11.5. The Balaban J connectivity index is 1.54. The van der Waals surface area contributed by atoms with Crippen molar-refractivity contribution in [2.24, 2.45) is 16.7 Å². The first-order chi connectivity index (χ1) is 12.8. The van der Waals surface area contributed by atoms with Gasteiger partial charge in [-0.2, -0.15) is 9.40 Å². The molecule has 1 aliphatic carbocycles. The Morgan fingerprint density at radius 3 is 2.70 bits per heavy atom. The highest BCUT2D eigenvalue weighted by molar-refractivity contribution is 7.89. The van der Waals surface area contributed by atoms with E-state index in [1.165, 1.54) is 6.20 Å². The van der Waals surface area contributed by atoms with Crippen LogP contribution in [0.5, 0.6) is 0 Å². The van der Waals surface area contributed by atoms with Gasteiger partial charge in [0, 0.05) is 50.9 Å². The molecule has 1 saturated carbocycles. The van der Waals surface area contributed by atoms with Gasteiger partial charge in [-0.1, -0.05) is 20.8 Å². The number of nitrogens with zero attached hydrogens (tertiary/aromatic N) is 4. The Morgan fingerprint density at radius 1 is 1.30 bits per heavy atom. The average molecular weight is 397 g/mol. The minimum atomic E-state index is -3.48. The Hall–Kier alpha value is -0.960. The van der Waals surface area contributed by atoms with E-state index in [9.17, 15) is 8.42 Å². The van der Waals surface area contributed by atoms with Crippen molar-refractivity contribution in [3.63, 3.8) is 0 Å². The van der Waals surface area contributed by atoms with Gasteiger partial charge in [-0.15, -0.1) is 0 Å². The van der Waals surface area contributed by atoms with Crippen LogP contribution in [0.1, 0.15) is 33.6 Å². The number of aryl methyl sites for hydroxylation is 1. The average Bonchev–Trinajstić information content (AvgIpc) is 3.20. The quantitative estimate of drug-likeness (QED) is 0.732. The molecule has 1 aromatic rings. The number of hydrogen-bond acceptors (Lipinski definition) is 5. The van der Waals surface area contributed by atoms with Crippen molar-refractivity contribution in [3.05, 3.63) is 12.4 Å².